The summed E-state index contributed by atoms with van der Waals surface area (Å²) in [5.74, 6) is 3.04. The Hall–Kier alpha value is 0.220. The number of hydrogen-bond acceptors (Lipinski definition) is 5. The lowest BCUT2D eigenvalue weighted by molar-refractivity contribution is 0.108. The van der Waals surface area contributed by atoms with Crippen molar-refractivity contribution in [1.82, 2.24) is 14.9 Å². The summed E-state index contributed by atoms with van der Waals surface area (Å²) in [5, 5.41) is 6.23. The lowest BCUT2D eigenvalue weighted by Crippen LogP contribution is -2.44. The van der Waals surface area contributed by atoms with E-state index < -0.39 is 10.0 Å². The monoisotopic (exact) mass is 508 g/mol. The number of nitrogens with zero attached hydrogens (tertiary/aromatic N) is 2. The van der Waals surface area contributed by atoms with E-state index in [1.165, 1.54) is 0 Å². The molecule has 0 amide bonds. The molecule has 1 fully saturated rings. The summed E-state index contributed by atoms with van der Waals surface area (Å²) in [5.41, 5.74) is 0. The predicted molar refractivity (Wildman–Crippen MR) is 118 cm³/mol. The van der Waals surface area contributed by atoms with Gasteiger partial charge >= 0.3 is 0 Å². The number of rotatable bonds is 10. The van der Waals surface area contributed by atoms with Crippen LogP contribution in [0.1, 0.15) is 20.3 Å². The molecule has 0 bridgehead atoms. The van der Waals surface area contributed by atoms with Crippen molar-refractivity contribution < 1.29 is 13.2 Å². The van der Waals surface area contributed by atoms with Crippen LogP contribution in [0.4, 0.5) is 0 Å². The van der Waals surface area contributed by atoms with Gasteiger partial charge in [0.1, 0.15) is 0 Å². The standard InChI is InChI=1S/C15H32N4O3S2.HI/c1-14(2)13-22-9-4-5-17-15(16-3)18-6-12-24(20,21)19-7-10-23-11-8-19;/h14H,4-13H2,1-3H3,(H2,16,17,18);1H. The zero-order valence-corrected chi connectivity index (χ0v) is 19.5. The minimum Gasteiger partial charge on any atom is -0.381 e. The van der Waals surface area contributed by atoms with Crippen LogP contribution in [0.15, 0.2) is 4.99 Å². The molecule has 0 saturated carbocycles. The van der Waals surface area contributed by atoms with Gasteiger partial charge in [-0.05, 0) is 12.3 Å². The average Bonchev–Trinajstić information content (AvgIpc) is 2.56. The van der Waals surface area contributed by atoms with Gasteiger partial charge in [-0.25, -0.2) is 12.7 Å². The quantitative estimate of drug-likeness (QED) is 0.200. The molecule has 25 heavy (non-hydrogen) atoms. The second-order valence-corrected chi connectivity index (χ2v) is 9.39. The Morgan fingerprint density at radius 3 is 2.48 bits per heavy atom. The first kappa shape index (κ1) is 25.2. The highest BCUT2D eigenvalue weighted by Crippen LogP contribution is 2.12. The van der Waals surface area contributed by atoms with Gasteiger partial charge in [-0.3, -0.25) is 4.99 Å². The molecule has 0 aliphatic carbocycles. The van der Waals surface area contributed by atoms with E-state index in [1.54, 1.807) is 23.1 Å². The van der Waals surface area contributed by atoms with Crippen molar-refractivity contribution in [3.05, 3.63) is 0 Å². The summed E-state index contributed by atoms with van der Waals surface area (Å²) in [6.07, 6.45) is 0.886. The van der Waals surface area contributed by atoms with E-state index >= 15 is 0 Å². The zero-order chi connectivity index (χ0) is 17.8. The maximum Gasteiger partial charge on any atom is 0.215 e. The van der Waals surface area contributed by atoms with Gasteiger partial charge in [-0.1, -0.05) is 13.8 Å². The van der Waals surface area contributed by atoms with Crippen LogP contribution in [0.3, 0.4) is 0 Å². The van der Waals surface area contributed by atoms with Crippen molar-refractivity contribution in [2.75, 3.05) is 63.7 Å². The number of halogens is 1. The molecule has 10 heteroatoms. The number of ether oxygens (including phenoxy) is 1. The largest absolute Gasteiger partial charge is 0.381 e. The number of nitrogens with one attached hydrogen (secondary N) is 2. The normalized spacial score (nSPS) is 16.6. The molecule has 0 unspecified atom stereocenters. The summed E-state index contributed by atoms with van der Waals surface area (Å²) in [6.45, 7) is 8.08. The van der Waals surface area contributed by atoms with Crippen molar-refractivity contribution in [2.45, 2.75) is 20.3 Å². The van der Waals surface area contributed by atoms with Crippen LogP contribution >= 0.6 is 35.7 Å². The molecule has 2 N–H and O–H groups in total. The number of sulfonamides is 1. The number of aliphatic imine (C=N–C) groups is 1. The van der Waals surface area contributed by atoms with Gasteiger partial charge < -0.3 is 15.4 Å². The third-order valence-electron chi connectivity index (χ3n) is 3.45. The van der Waals surface area contributed by atoms with Crippen LogP contribution in [-0.4, -0.2) is 82.4 Å². The zero-order valence-electron chi connectivity index (χ0n) is 15.5. The van der Waals surface area contributed by atoms with Gasteiger partial charge in [-0.2, -0.15) is 11.8 Å². The van der Waals surface area contributed by atoms with Crippen LogP contribution in [0.5, 0.6) is 0 Å². The highest BCUT2D eigenvalue weighted by atomic mass is 127. The maximum absolute atomic E-state index is 12.2. The molecule has 0 aromatic carbocycles. The molecule has 1 saturated heterocycles. The van der Waals surface area contributed by atoms with E-state index in [0.29, 0.717) is 38.1 Å². The van der Waals surface area contributed by atoms with Crippen molar-refractivity contribution in [2.24, 2.45) is 10.9 Å². The molecule has 0 spiro atoms. The summed E-state index contributed by atoms with van der Waals surface area (Å²) in [4.78, 5) is 4.11. The lowest BCUT2D eigenvalue weighted by Gasteiger charge is -2.25. The summed E-state index contributed by atoms with van der Waals surface area (Å²) >= 11 is 1.80. The molecule has 1 rings (SSSR count). The summed E-state index contributed by atoms with van der Waals surface area (Å²) < 4.78 is 31.6. The molecular weight excluding hydrogens is 475 g/mol. The third kappa shape index (κ3) is 11.5. The Bertz CT molecular complexity index is 469. The van der Waals surface area contributed by atoms with E-state index in [2.05, 4.69) is 29.5 Å². The van der Waals surface area contributed by atoms with Crippen LogP contribution in [0.2, 0.25) is 0 Å². The number of hydrogen-bond donors (Lipinski definition) is 2. The van der Waals surface area contributed by atoms with Crippen LogP contribution in [0, 0.1) is 5.92 Å². The van der Waals surface area contributed by atoms with Crippen molar-refractivity contribution in [3.8, 4) is 0 Å². The molecule has 0 aromatic rings. The first-order valence-electron chi connectivity index (χ1n) is 8.53. The lowest BCUT2D eigenvalue weighted by atomic mass is 10.2. The Kier molecular flexibility index (Phi) is 14.4. The Labute approximate surface area is 174 Å². The van der Waals surface area contributed by atoms with Gasteiger partial charge in [0, 0.05) is 57.9 Å². The summed E-state index contributed by atoms with van der Waals surface area (Å²) in [7, 11) is -1.49. The predicted octanol–water partition coefficient (Wildman–Crippen LogP) is 1.21. The van der Waals surface area contributed by atoms with E-state index in [1.807, 2.05) is 0 Å². The molecule has 1 aliphatic heterocycles. The van der Waals surface area contributed by atoms with E-state index in [-0.39, 0.29) is 29.7 Å². The molecule has 0 radical (unpaired) electrons. The maximum atomic E-state index is 12.2. The van der Waals surface area contributed by atoms with Crippen LogP contribution in [-0.2, 0) is 14.8 Å². The van der Waals surface area contributed by atoms with E-state index in [4.69, 9.17) is 4.74 Å². The third-order valence-corrected chi connectivity index (χ3v) is 6.26. The summed E-state index contributed by atoms with van der Waals surface area (Å²) in [6, 6.07) is 0. The molecule has 1 aliphatic rings. The molecule has 0 aromatic heterocycles. The van der Waals surface area contributed by atoms with Crippen molar-refractivity contribution >= 4 is 51.7 Å². The van der Waals surface area contributed by atoms with Gasteiger partial charge in [-0.15, -0.1) is 24.0 Å². The first-order valence-corrected chi connectivity index (χ1v) is 11.3. The van der Waals surface area contributed by atoms with Crippen molar-refractivity contribution in [1.29, 1.82) is 0 Å². The van der Waals surface area contributed by atoms with Crippen LogP contribution in [0.25, 0.3) is 0 Å². The van der Waals surface area contributed by atoms with Gasteiger partial charge in [0.05, 0.1) is 5.75 Å². The topological polar surface area (TPSA) is 83.0 Å². The Balaban J connectivity index is 0.00000576. The molecule has 1 heterocycles. The fourth-order valence-corrected chi connectivity index (χ4v) is 4.66. The second-order valence-electron chi connectivity index (χ2n) is 6.08. The highest BCUT2D eigenvalue weighted by Gasteiger charge is 2.23. The molecular formula is C15H33IN4O3S2. The Morgan fingerprint density at radius 2 is 1.88 bits per heavy atom. The van der Waals surface area contributed by atoms with Crippen molar-refractivity contribution in [3.63, 3.8) is 0 Å². The minimum atomic E-state index is -3.17. The van der Waals surface area contributed by atoms with Gasteiger partial charge in [0.15, 0.2) is 5.96 Å². The average molecular weight is 508 g/mol. The second kappa shape index (κ2) is 14.3. The van der Waals surface area contributed by atoms with E-state index in [9.17, 15) is 8.42 Å². The molecule has 7 nitrogen and oxygen atoms in total. The van der Waals surface area contributed by atoms with E-state index in [0.717, 1.165) is 31.1 Å². The van der Waals surface area contributed by atoms with Gasteiger partial charge in [0.2, 0.25) is 10.0 Å². The minimum absolute atomic E-state index is 0. The molecule has 150 valence electrons. The number of thioether (sulfide) groups is 1. The van der Waals surface area contributed by atoms with Gasteiger partial charge in [0.25, 0.3) is 0 Å². The smallest absolute Gasteiger partial charge is 0.215 e. The fourth-order valence-electron chi connectivity index (χ4n) is 2.17. The fraction of sp³-hybridized carbons (Fsp3) is 0.933. The highest BCUT2D eigenvalue weighted by molar-refractivity contribution is 14.0. The Morgan fingerprint density at radius 1 is 1.24 bits per heavy atom. The first-order chi connectivity index (χ1) is 11.5. The number of guanidine groups is 1. The van der Waals surface area contributed by atoms with Crippen LogP contribution < -0.4 is 10.6 Å². The molecule has 0 atom stereocenters. The SMILES string of the molecule is CN=C(NCCCOCC(C)C)NCCS(=O)(=O)N1CCSCC1.I.